The molecule has 2 aromatic rings. The van der Waals surface area contributed by atoms with Gasteiger partial charge in [-0.05, 0) is 41.5 Å². The molecule has 1 aliphatic rings. The van der Waals surface area contributed by atoms with Crippen LogP contribution in [0.3, 0.4) is 0 Å². The lowest BCUT2D eigenvalue weighted by molar-refractivity contribution is -0.121. The van der Waals surface area contributed by atoms with Crippen molar-refractivity contribution in [3.8, 4) is 0 Å². The highest BCUT2D eigenvalue weighted by atomic mass is 16.2. The van der Waals surface area contributed by atoms with Crippen LogP contribution in [0.4, 0.5) is 0 Å². The monoisotopic (exact) mass is 407 g/mol. The Morgan fingerprint density at radius 2 is 1.53 bits per heavy atom. The molecule has 30 heavy (non-hydrogen) atoms. The van der Waals surface area contributed by atoms with Crippen molar-refractivity contribution in [3.63, 3.8) is 0 Å². The standard InChI is InChI=1S/C25H33N3O2/c1-19-14-20(2)17-28(16-19)18-22-10-8-21(9-11-22)15-27-24(29)12-13-26-25(30)23-6-4-3-5-7-23/h3-11,19-20H,12-18H2,1-2H3,(H,26,30)(H,27,29). The van der Waals surface area contributed by atoms with Crippen molar-refractivity contribution >= 4 is 11.8 Å². The minimum atomic E-state index is -0.156. The zero-order chi connectivity index (χ0) is 21.3. The minimum absolute atomic E-state index is 0.0660. The summed E-state index contributed by atoms with van der Waals surface area (Å²) in [6, 6.07) is 17.5. The van der Waals surface area contributed by atoms with Gasteiger partial charge in [0.1, 0.15) is 0 Å². The number of piperidine rings is 1. The van der Waals surface area contributed by atoms with E-state index in [9.17, 15) is 9.59 Å². The summed E-state index contributed by atoms with van der Waals surface area (Å²) in [4.78, 5) is 26.6. The molecule has 2 aromatic carbocycles. The van der Waals surface area contributed by atoms with Crippen molar-refractivity contribution < 1.29 is 9.59 Å². The van der Waals surface area contributed by atoms with E-state index < -0.39 is 0 Å². The number of likely N-dealkylation sites (tertiary alicyclic amines) is 1. The number of benzene rings is 2. The van der Waals surface area contributed by atoms with Crippen LogP contribution in [-0.2, 0) is 17.9 Å². The Bertz CT molecular complexity index is 810. The highest BCUT2D eigenvalue weighted by Gasteiger charge is 2.21. The van der Waals surface area contributed by atoms with Gasteiger partial charge in [0.25, 0.3) is 5.91 Å². The predicted octanol–water partition coefficient (Wildman–Crippen LogP) is 3.60. The third-order valence-corrected chi connectivity index (χ3v) is 5.54. The van der Waals surface area contributed by atoms with Gasteiger partial charge in [0.15, 0.2) is 0 Å². The lowest BCUT2D eigenvalue weighted by Gasteiger charge is -2.35. The van der Waals surface area contributed by atoms with Gasteiger partial charge in [-0.15, -0.1) is 0 Å². The van der Waals surface area contributed by atoms with E-state index in [1.54, 1.807) is 12.1 Å². The van der Waals surface area contributed by atoms with Gasteiger partial charge in [0.05, 0.1) is 0 Å². The Labute approximate surface area is 179 Å². The van der Waals surface area contributed by atoms with E-state index in [-0.39, 0.29) is 18.2 Å². The van der Waals surface area contributed by atoms with Crippen LogP contribution >= 0.6 is 0 Å². The van der Waals surface area contributed by atoms with Crippen LogP contribution in [-0.4, -0.2) is 36.3 Å². The van der Waals surface area contributed by atoms with E-state index in [1.807, 2.05) is 18.2 Å². The number of hydrogen-bond acceptors (Lipinski definition) is 3. The van der Waals surface area contributed by atoms with Crippen molar-refractivity contribution in [3.05, 3.63) is 71.3 Å². The average Bonchev–Trinajstić information content (AvgIpc) is 2.73. The molecule has 2 N–H and O–H groups in total. The second-order valence-electron chi connectivity index (χ2n) is 8.61. The normalized spacial score (nSPS) is 19.3. The first-order chi connectivity index (χ1) is 14.5. The molecule has 2 atom stereocenters. The molecule has 2 amide bonds. The first-order valence-electron chi connectivity index (χ1n) is 10.9. The van der Waals surface area contributed by atoms with Crippen molar-refractivity contribution in [2.75, 3.05) is 19.6 Å². The second-order valence-corrected chi connectivity index (χ2v) is 8.61. The van der Waals surface area contributed by atoms with E-state index in [0.717, 1.165) is 23.9 Å². The van der Waals surface area contributed by atoms with E-state index >= 15 is 0 Å². The molecular formula is C25H33N3O2. The Hall–Kier alpha value is -2.66. The number of nitrogens with zero attached hydrogens (tertiary/aromatic N) is 1. The zero-order valence-electron chi connectivity index (χ0n) is 18.1. The van der Waals surface area contributed by atoms with Gasteiger partial charge >= 0.3 is 0 Å². The summed E-state index contributed by atoms with van der Waals surface area (Å²) in [5.41, 5.74) is 3.00. The highest BCUT2D eigenvalue weighted by molar-refractivity contribution is 5.94. The molecule has 0 saturated carbocycles. The molecule has 0 spiro atoms. The molecule has 0 radical (unpaired) electrons. The van der Waals surface area contributed by atoms with Crippen LogP contribution in [0.2, 0.25) is 0 Å². The van der Waals surface area contributed by atoms with Crippen LogP contribution in [0, 0.1) is 11.8 Å². The third-order valence-electron chi connectivity index (χ3n) is 5.54. The zero-order valence-corrected chi connectivity index (χ0v) is 18.1. The molecular weight excluding hydrogens is 374 g/mol. The van der Waals surface area contributed by atoms with Gasteiger partial charge in [-0.2, -0.15) is 0 Å². The first kappa shape index (κ1) is 22.0. The Morgan fingerprint density at radius 1 is 0.900 bits per heavy atom. The largest absolute Gasteiger partial charge is 0.352 e. The molecule has 5 heteroatoms. The number of rotatable bonds is 8. The fraction of sp³-hybridized carbons (Fsp3) is 0.440. The van der Waals surface area contributed by atoms with E-state index in [1.165, 1.54) is 25.1 Å². The summed E-state index contributed by atoms with van der Waals surface area (Å²) in [6.45, 7) is 8.83. The maximum atomic E-state index is 12.1. The first-order valence-corrected chi connectivity index (χ1v) is 10.9. The molecule has 2 unspecified atom stereocenters. The average molecular weight is 408 g/mol. The van der Waals surface area contributed by atoms with Crippen molar-refractivity contribution in [1.29, 1.82) is 0 Å². The van der Waals surface area contributed by atoms with E-state index in [4.69, 9.17) is 0 Å². The summed E-state index contributed by atoms with van der Waals surface area (Å²) in [7, 11) is 0. The van der Waals surface area contributed by atoms with Gasteiger partial charge < -0.3 is 10.6 Å². The predicted molar refractivity (Wildman–Crippen MR) is 120 cm³/mol. The van der Waals surface area contributed by atoms with E-state index in [0.29, 0.717) is 18.7 Å². The van der Waals surface area contributed by atoms with Crippen LogP contribution in [0.15, 0.2) is 54.6 Å². The molecule has 0 bridgehead atoms. The Balaban J connectivity index is 1.36. The number of hydrogen-bond donors (Lipinski definition) is 2. The fourth-order valence-electron chi connectivity index (χ4n) is 4.21. The summed E-state index contributed by atoms with van der Waals surface area (Å²) in [5.74, 6) is 1.31. The molecule has 0 aromatic heterocycles. The summed E-state index contributed by atoms with van der Waals surface area (Å²) in [5, 5.41) is 5.70. The molecule has 160 valence electrons. The second kappa shape index (κ2) is 10.9. The van der Waals surface area contributed by atoms with Crippen molar-refractivity contribution in [2.24, 2.45) is 11.8 Å². The van der Waals surface area contributed by atoms with Crippen LogP contribution in [0.5, 0.6) is 0 Å². The van der Waals surface area contributed by atoms with Gasteiger partial charge in [0.2, 0.25) is 5.91 Å². The maximum absolute atomic E-state index is 12.1. The van der Waals surface area contributed by atoms with Gasteiger partial charge in [-0.25, -0.2) is 0 Å². The van der Waals surface area contributed by atoms with Crippen molar-refractivity contribution in [1.82, 2.24) is 15.5 Å². The molecule has 5 nitrogen and oxygen atoms in total. The maximum Gasteiger partial charge on any atom is 0.251 e. The molecule has 1 aliphatic heterocycles. The SMILES string of the molecule is CC1CC(C)CN(Cc2ccc(CNC(=O)CCNC(=O)c3ccccc3)cc2)C1. The van der Waals surface area contributed by atoms with Gasteiger partial charge in [0, 0.05) is 44.7 Å². The number of carbonyl (C=O) groups excluding carboxylic acids is 2. The molecule has 3 rings (SSSR count). The summed E-state index contributed by atoms with van der Waals surface area (Å²) in [6.07, 6.45) is 1.59. The number of carbonyl (C=O) groups is 2. The fourth-order valence-corrected chi connectivity index (χ4v) is 4.21. The van der Waals surface area contributed by atoms with E-state index in [2.05, 4.69) is 53.6 Å². The smallest absolute Gasteiger partial charge is 0.251 e. The van der Waals surface area contributed by atoms with Crippen LogP contribution in [0.25, 0.3) is 0 Å². The topological polar surface area (TPSA) is 61.4 Å². The van der Waals surface area contributed by atoms with Crippen LogP contribution in [0.1, 0.15) is 48.2 Å². The number of amides is 2. The van der Waals surface area contributed by atoms with Gasteiger partial charge in [-0.3, -0.25) is 14.5 Å². The summed E-state index contributed by atoms with van der Waals surface area (Å²) < 4.78 is 0. The quantitative estimate of drug-likeness (QED) is 0.703. The minimum Gasteiger partial charge on any atom is -0.352 e. The number of nitrogens with one attached hydrogen (secondary N) is 2. The van der Waals surface area contributed by atoms with Crippen molar-refractivity contribution in [2.45, 2.75) is 39.8 Å². The lowest BCUT2D eigenvalue weighted by atomic mass is 9.91. The Morgan fingerprint density at radius 3 is 2.20 bits per heavy atom. The third kappa shape index (κ3) is 6.99. The van der Waals surface area contributed by atoms with Crippen LogP contribution < -0.4 is 10.6 Å². The van der Waals surface area contributed by atoms with Gasteiger partial charge in [-0.1, -0.05) is 56.3 Å². The molecule has 1 heterocycles. The summed E-state index contributed by atoms with van der Waals surface area (Å²) >= 11 is 0. The Kier molecular flexibility index (Phi) is 8.03. The molecule has 1 saturated heterocycles. The molecule has 1 fully saturated rings. The lowest BCUT2D eigenvalue weighted by Crippen LogP contribution is -2.38. The molecule has 0 aliphatic carbocycles. The highest BCUT2D eigenvalue weighted by Crippen LogP contribution is 2.22.